The molecule has 0 radical (unpaired) electrons. The van der Waals surface area contributed by atoms with E-state index in [0.717, 1.165) is 66.2 Å². The van der Waals surface area contributed by atoms with Crippen molar-refractivity contribution < 1.29 is 9.47 Å². The number of aromatic amines is 1. The molecule has 2 saturated heterocycles. The zero-order chi connectivity index (χ0) is 33.6. The molecule has 4 aromatic rings. The van der Waals surface area contributed by atoms with Crippen molar-refractivity contribution in [1.29, 1.82) is 0 Å². The molecule has 264 valence electrons. The van der Waals surface area contributed by atoms with Gasteiger partial charge in [-0.3, -0.25) is 4.90 Å². The molecule has 8 nitrogen and oxygen atoms in total. The molecule has 8 rings (SSSR count). The number of ether oxygens (including phenoxy) is 2. The average Bonchev–Trinajstić information content (AvgIpc) is 3.68. The second-order valence-corrected chi connectivity index (χ2v) is 15.9. The molecule has 2 aliphatic carbocycles. The highest BCUT2D eigenvalue weighted by molar-refractivity contribution is 6.15. The van der Waals surface area contributed by atoms with Crippen LogP contribution in [0.5, 0.6) is 5.75 Å². The van der Waals surface area contributed by atoms with Crippen molar-refractivity contribution in [3.05, 3.63) is 42.1 Å². The topological polar surface area (TPSA) is 86.5 Å². The van der Waals surface area contributed by atoms with Gasteiger partial charge in [-0.15, -0.1) is 0 Å². The molecule has 2 aromatic heterocycles. The number of hydrogen-bond donors (Lipinski definition) is 4. The maximum Gasteiger partial charge on any atom is 0.133 e. The van der Waals surface area contributed by atoms with Crippen LogP contribution in [-0.4, -0.2) is 80.1 Å². The number of benzene rings is 2. The van der Waals surface area contributed by atoms with E-state index >= 15 is 0 Å². The van der Waals surface area contributed by atoms with Gasteiger partial charge in [-0.25, -0.2) is 4.98 Å². The third-order valence-corrected chi connectivity index (χ3v) is 13.5. The number of aromatic nitrogens is 2. The summed E-state index contributed by atoms with van der Waals surface area (Å²) in [5.41, 5.74) is 3.58. The average molecular weight is 667 g/mol. The Bertz CT molecular complexity index is 1770. The Kier molecular flexibility index (Phi) is 9.51. The Balaban J connectivity index is 0.841. The number of anilines is 1. The van der Waals surface area contributed by atoms with Gasteiger partial charge in [-0.1, -0.05) is 19.8 Å². The smallest absolute Gasteiger partial charge is 0.133 e. The van der Waals surface area contributed by atoms with Gasteiger partial charge in [0.05, 0.1) is 24.9 Å². The van der Waals surface area contributed by atoms with Gasteiger partial charge >= 0.3 is 0 Å². The Morgan fingerprint density at radius 1 is 0.878 bits per heavy atom. The monoisotopic (exact) mass is 666 g/mol. The predicted octanol–water partition coefficient (Wildman–Crippen LogP) is 7.45. The number of unbranched alkanes of at least 4 members (excludes halogenated alkanes) is 3. The van der Waals surface area contributed by atoms with Crippen molar-refractivity contribution in [2.75, 3.05) is 46.2 Å². The minimum atomic E-state index is 0.460. The first-order valence-corrected chi connectivity index (χ1v) is 19.3. The molecule has 2 saturated carbocycles. The fourth-order valence-electron chi connectivity index (χ4n) is 10.9. The first-order valence-electron chi connectivity index (χ1n) is 19.3. The lowest BCUT2D eigenvalue weighted by molar-refractivity contribution is -0.0392. The maximum atomic E-state index is 5.87. The number of nitrogens with zero attached hydrogens (tertiary/aromatic N) is 2. The summed E-state index contributed by atoms with van der Waals surface area (Å²) in [4.78, 5) is 11.0. The van der Waals surface area contributed by atoms with E-state index in [1.54, 1.807) is 7.11 Å². The van der Waals surface area contributed by atoms with Crippen LogP contribution in [0.4, 0.5) is 5.82 Å². The number of methoxy groups -OCH3 is 2. The Hall–Kier alpha value is -2.91. The van der Waals surface area contributed by atoms with E-state index < -0.39 is 0 Å². The van der Waals surface area contributed by atoms with E-state index in [4.69, 9.17) is 14.5 Å². The van der Waals surface area contributed by atoms with Crippen molar-refractivity contribution in [3.63, 3.8) is 0 Å². The van der Waals surface area contributed by atoms with Crippen LogP contribution in [0.3, 0.4) is 0 Å². The van der Waals surface area contributed by atoms with Crippen LogP contribution in [-0.2, 0) is 4.74 Å². The fraction of sp³-hybridized carbons (Fsp3) is 0.634. The number of rotatable bonds is 11. The van der Waals surface area contributed by atoms with Crippen LogP contribution in [0.25, 0.3) is 32.6 Å². The maximum absolute atomic E-state index is 5.87. The highest BCUT2D eigenvalue weighted by Crippen LogP contribution is 2.52. The van der Waals surface area contributed by atoms with Gasteiger partial charge in [0.15, 0.2) is 0 Å². The quantitative estimate of drug-likeness (QED) is 0.124. The molecule has 9 unspecified atom stereocenters. The molecule has 4 N–H and O–H groups in total. The number of piperidine rings is 1. The third kappa shape index (κ3) is 6.11. The molecule has 0 amide bonds. The van der Waals surface area contributed by atoms with E-state index in [1.807, 2.05) is 19.4 Å². The number of hydrogen-bond acceptors (Lipinski definition) is 7. The van der Waals surface area contributed by atoms with Gasteiger partial charge in [0.25, 0.3) is 0 Å². The molecule has 4 fully saturated rings. The van der Waals surface area contributed by atoms with Crippen molar-refractivity contribution in [2.45, 2.75) is 96.0 Å². The largest absolute Gasteiger partial charge is 0.497 e. The Labute approximate surface area is 292 Å². The third-order valence-electron chi connectivity index (χ3n) is 13.5. The van der Waals surface area contributed by atoms with E-state index in [9.17, 15) is 0 Å². The fourth-order valence-corrected chi connectivity index (χ4v) is 10.9. The molecule has 8 heteroatoms. The van der Waals surface area contributed by atoms with Crippen molar-refractivity contribution >= 4 is 38.4 Å². The molecule has 49 heavy (non-hydrogen) atoms. The van der Waals surface area contributed by atoms with Crippen LogP contribution in [0.15, 0.2) is 36.5 Å². The first kappa shape index (κ1) is 33.2. The Morgan fingerprint density at radius 3 is 2.57 bits per heavy atom. The molecule has 2 aromatic carbocycles. The lowest BCUT2D eigenvalue weighted by Gasteiger charge is -2.53. The standard InChI is InChI=1S/C41H58N6O2/c1-24-28-14-18-43-40(34(28)22-32-30-20-26(48-4)10-12-36(30)45-38(24)32)42-16-8-6-7-9-17-44-41-35-23-33-31-21-27(49-5)11-13-37(31)46-39(33)25(2)29(35)15-19-47(41)3/h10,12,14,18,20,22,25,27,29,31,33,35,37,39,41,44-46H,6-9,11,13,15-17,19,21,23H2,1-5H3,(H,42,43). The van der Waals surface area contributed by atoms with E-state index in [2.05, 4.69) is 71.0 Å². The van der Waals surface area contributed by atoms with Crippen LogP contribution >= 0.6 is 0 Å². The van der Waals surface area contributed by atoms with E-state index in [-0.39, 0.29) is 0 Å². The van der Waals surface area contributed by atoms with Crippen molar-refractivity contribution in [3.8, 4) is 5.75 Å². The summed E-state index contributed by atoms with van der Waals surface area (Å²) in [7, 11) is 6.00. The van der Waals surface area contributed by atoms with Crippen LogP contribution in [0.2, 0.25) is 0 Å². The van der Waals surface area contributed by atoms with Crippen LogP contribution in [0.1, 0.15) is 70.3 Å². The zero-order valence-electron chi connectivity index (χ0n) is 30.4. The van der Waals surface area contributed by atoms with Gasteiger partial charge in [0.1, 0.15) is 11.6 Å². The van der Waals surface area contributed by atoms with Gasteiger partial charge in [-0.05, 0) is 143 Å². The normalized spacial score (nSPS) is 31.6. The molecule has 0 spiro atoms. The van der Waals surface area contributed by atoms with E-state index in [0.29, 0.717) is 24.4 Å². The number of pyridine rings is 1. The van der Waals surface area contributed by atoms with Gasteiger partial charge in [0, 0.05) is 53.6 Å². The SMILES string of the molecule is COc1ccc2[nH]c3c(C)c4ccnc(NCCCCCCNC5C6CC7C8CC(OC)CCC8NC7C(C)C6CCN5C)c4cc3c2c1. The summed E-state index contributed by atoms with van der Waals surface area (Å²) in [5.74, 6) is 5.80. The zero-order valence-corrected chi connectivity index (χ0v) is 30.4. The molecule has 4 aliphatic rings. The number of nitrogens with one attached hydrogen (secondary N) is 4. The summed E-state index contributed by atoms with van der Waals surface area (Å²) in [6.45, 7) is 8.04. The molecule has 2 aliphatic heterocycles. The molecule has 9 atom stereocenters. The second-order valence-electron chi connectivity index (χ2n) is 15.9. The summed E-state index contributed by atoms with van der Waals surface area (Å²) in [5, 5.41) is 16.8. The summed E-state index contributed by atoms with van der Waals surface area (Å²) in [6.07, 6.45) is 14.3. The summed E-state index contributed by atoms with van der Waals surface area (Å²) in [6, 6.07) is 12.1. The second kappa shape index (κ2) is 14.0. The minimum absolute atomic E-state index is 0.460. The lowest BCUT2D eigenvalue weighted by Crippen LogP contribution is -2.60. The van der Waals surface area contributed by atoms with Gasteiger partial charge in [-0.2, -0.15) is 0 Å². The summed E-state index contributed by atoms with van der Waals surface area (Å²) >= 11 is 0. The van der Waals surface area contributed by atoms with Crippen LogP contribution in [0, 0.1) is 36.5 Å². The van der Waals surface area contributed by atoms with E-state index in [1.165, 1.54) is 90.5 Å². The van der Waals surface area contributed by atoms with Crippen molar-refractivity contribution in [1.82, 2.24) is 25.5 Å². The number of fused-ring (bicyclic) bond motifs is 8. The van der Waals surface area contributed by atoms with Crippen molar-refractivity contribution in [2.24, 2.45) is 29.6 Å². The Morgan fingerprint density at radius 2 is 1.73 bits per heavy atom. The van der Waals surface area contributed by atoms with Crippen LogP contribution < -0.4 is 20.7 Å². The molecular formula is C41H58N6O2. The molecule has 4 heterocycles. The number of likely N-dealkylation sites (tertiary alicyclic amines) is 1. The van der Waals surface area contributed by atoms with Gasteiger partial charge in [0.2, 0.25) is 0 Å². The highest BCUT2D eigenvalue weighted by atomic mass is 16.5. The lowest BCUT2D eigenvalue weighted by atomic mass is 9.59. The predicted molar refractivity (Wildman–Crippen MR) is 201 cm³/mol. The molecular weight excluding hydrogens is 608 g/mol. The van der Waals surface area contributed by atoms with Gasteiger partial charge < -0.3 is 30.4 Å². The highest BCUT2D eigenvalue weighted by Gasteiger charge is 2.55. The summed E-state index contributed by atoms with van der Waals surface area (Å²) < 4.78 is 11.4. The number of H-pyrrole nitrogens is 1. The first-order chi connectivity index (χ1) is 23.9. The number of aryl methyl sites for hydroxylation is 1. The molecule has 0 bridgehead atoms. The minimum Gasteiger partial charge on any atom is -0.497 e.